The van der Waals surface area contributed by atoms with Crippen molar-refractivity contribution < 1.29 is 4.74 Å². The van der Waals surface area contributed by atoms with Gasteiger partial charge in [0.25, 0.3) is 0 Å². The van der Waals surface area contributed by atoms with Gasteiger partial charge in [0.05, 0.1) is 12.4 Å². The van der Waals surface area contributed by atoms with E-state index < -0.39 is 0 Å². The van der Waals surface area contributed by atoms with Gasteiger partial charge in [0.15, 0.2) is 5.75 Å². The molecule has 4 nitrogen and oxygen atoms in total. The van der Waals surface area contributed by atoms with E-state index in [9.17, 15) is 0 Å². The number of thiophene rings is 1. The van der Waals surface area contributed by atoms with Crippen LogP contribution in [0.25, 0.3) is 0 Å². The van der Waals surface area contributed by atoms with Gasteiger partial charge in [-0.05, 0) is 31.7 Å². The molecule has 2 aromatic rings. The third-order valence-electron chi connectivity index (χ3n) is 2.78. The smallest absolute Gasteiger partial charge is 0.157 e. The summed E-state index contributed by atoms with van der Waals surface area (Å²) in [5.74, 6) is 0.841. The average Bonchev–Trinajstić information content (AvgIpc) is 3.04. The zero-order valence-corrected chi connectivity index (χ0v) is 12.3. The van der Waals surface area contributed by atoms with Gasteiger partial charge in [-0.3, -0.25) is 4.68 Å². The molecule has 0 saturated carbocycles. The Morgan fingerprint density at radius 3 is 3.00 bits per heavy atom. The van der Waals surface area contributed by atoms with Gasteiger partial charge in [0.1, 0.15) is 6.61 Å². The Hall–Kier alpha value is -1.33. The van der Waals surface area contributed by atoms with Crippen molar-refractivity contribution in [2.45, 2.75) is 26.3 Å². The molecule has 2 rings (SSSR count). The SMILES string of the molecule is CC(C)n1cc(OCCNCCc2cccs2)cn1. The molecule has 0 atom stereocenters. The summed E-state index contributed by atoms with van der Waals surface area (Å²) in [6.45, 7) is 6.73. The zero-order chi connectivity index (χ0) is 13.5. The molecule has 0 saturated heterocycles. The van der Waals surface area contributed by atoms with E-state index in [1.807, 2.05) is 10.9 Å². The van der Waals surface area contributed by atoms with Gasteiger partial charge in [-0.15, -0.1) is 11.3 Å². The molecule has 104 valence electrons. The van der Waals surface area contributed by atoms with E-state index in [4.69, 9.17) is 4.74 Å². The van der Waals surface area contributed by atoms with Crippen LogP contribution in [-0.4, -0.2) is 29.5 Å². The summed E-state index contributed by atoms with van der Waals surface area (Å²) in [4.78, 5) is 1.42. The maximum Gasteiger partial charge on any atom is 0.157 e. The van der Waals surface area contributed by atoms with Crippen LogP contribution < -0.4 is 10.1 Å². The lowest BCUT2D eigenvalue weighted by atomic mass is 10.3. The molecule has 19 heavy (non-hydrogen) atoms. The van der Waals surface area contributed by atoms with Gasteiger partial charge in [-0.1, -0.05) is 6.07 Å². The van der Waals surface area contributed by atoms with Crippen molar-refractivity contribution in [3.8, 4) is 5.75 Å². The quantitative estimate of drug-likeness (QED) is 0.755. The lowest BCUT2D eigenvalue weighted by Gasteiger charge is -2.05. The first-order chi connectivity index (χ1) is 9.25. The minimum atomic E-state index is 0.376. The molecule has 2 aromatic heterocycles. The van der Waals surface area contributed by atoms with E-state index >= 15 is 0 Å². The molecular weight excluding hydrogens is 258 g/mol. The van der Waals surface area contributed by atoms with Gasteiger partial charge in [-0.25, -0.2) is 0 Å². The third-order valence-corrected chi connectivity index (χ3v) is 3.72. The van der Waals surface area contributed by atoms with Gasteiger partial charge in [0, 0.05) is 24.0 Å². The lowest BCUT2D eigenvalue weighted by Crippen LogP contribution is -2.23. The van der Waals surface area contributed by atoms with E-state index in [2.05, 4.69) is 41.8 Å². The molecule has 0 aliphatic carbocycles. The summed E-state index contributed by atoms with van der Waals surface area (Å²) in [6.07, 6.45) is 4.80. The highest BCUT2D eigenvalue weighted by molar-refractivity contribution is 7.09. The molecular formula is C14H21N3OS. The first-order valence-corrected chi connectivity index (χ1v) is 7.53. The van der Waals surface area contributed by atoms with E-state index in [-0.39, 0.29) is 0 Å². The molecule has 0 radical (unpaired) electrons. The second-order valence-corrected chi connectivity index (χ2v) is 5.71. The van der Waals surface area contributed by atoms with Crippen molar-refractivity contribution >= 4 is 11.3 Å². The molecule has 1 N–H and O–H groups in total. The molecule has 0 aliphatic rings. The molecule has 2 heterocycles. The first-order valence-electron chi connectivity index (χ1n) is 6.66. The van der Waals surface area contributed by atoms with Crippen LogP contribution in [0.3, 0.4) is 0 Å². The fourth-order valence-corrected chi connectivity index (χ4v) is 2.42. The Morgan fingerprint density at radius 1 is 1.42 bits per heavy atom. The Morgan fingerprint density at radius 2 is 2.32 bits per heavy atom. The third kappa shape index (κ3) is 4.69. The van der Waals surface area contributed by atoms with Crippen LogP contribution >= 0.6 is 11.3 Å². The topological polar surface area (TPSA) is 39.1 Å². The maximum atomic E-state index is 5.63. The number of nitrogens with one attached hydrogen (secondary N) is 1. The lowest BCUT2D eigenvalue weighted by molar-refractivity contribution is 0.314. The Kier molecular flexibility index (Phi) is 5.42. The predicted molar refractivity (Wildman–Crippen MR) is 79.0 cm³/mol. The van der Waals surface area contributed by atoms with Crippen LogP contribution in [0.5, 0.6) is 5.75 Å². The average molecular weight is 279 g/mol. The first kappa shape index (κ1) is 14.1. The summed E-state index contributed by atoms with van der Waals surface area (Å²) in [5, 5.41) is 9.73. The fraction of sp³-hybridized carbons (Fsp3) is 0.500. The van der Waals surface area contributed by atoms with Crippen LogP contribution in [0, 0.1) is 0 Å². The summed E-state index contributed by atoms with van der Waals surface area (Å²) in [6, 6.07) is 4.64. The number of ether oxygens (including phenoxy) is 1. The minimum absolute atomic E-state index is 0.376. The van der Waals surface area contributed by atoms with E-state index in [1.54, 1.807) is 17.5 Å². The predicted octanol–water partition coefficient (Wildman–Crippen LogP) is 2.74. The van der Waals surface area contributed by atoms with Crippen LogP contribution in [0.2, 0.25) is 0 Å². The van der Waals surface area contributed by atoms with Gasteiger partial charge in [0.2, 0.25) is 0 Å². The van der Waals surface area contributed by atoms with Crippen LogP contribution in [-0.2, 0) is 6.42 Å². The Bertz CT molecular complexity index is 465. The van der Waals surface area contributed by atoms with E-state index in [0.717, 1.165) is 25.3 Å². The standard InChI is InChI=1S/C14H21N3OS/c1-12(2)17-11-13(10-16-17)18-8-7-15-6-5-14-4-3-9-19-14/h3-4,9-12,15H,5-8H2,1-2H3. The number of hydrogen-bond acceptors (Lipinski definition) is 4. The highest BCUT2D eigenvalue weighted by Crippen LogP contribution is 2.12. The van der Waals surface area contributed by atoms with Gasteiger partial charge in [-0.2, -0.15) is 5.10 Å². The van der Waals surface area contributed by atoms with E-state index in [1.165, 1.54) is 4.88 Å². The largest absolute Gasteiger partial charge is 0.489 e. The van der Waals surface area contributed by atoms with Crippen molar-refractivity contribution in [1.82, 2.24) is 15.1 Å². The molecule has 0 spiro atoms. The monoisotopic (exact) mass is 279 g/mol. The second-order valence-electron chi connectivity index (χ2n) is 4.68. The number of nitrogens with zero attached hydrogens (tertiary/aromatic N) is 2. The molecule has 0 aromatic carbocycles. The molecule has 0 aliphatic heterocycles. The number of hydrogen-bond donors (Lipinski definition) is 1. The Balaban J connectivity index is 1.56. The molecule has 5 heteroatoms. The Labute approximate surface area is 118 Å². The van der Waals surface area contributed by atoms with Crippen molar-refractivity contribution in [2.24, 2.45) is 0 Å². The highest BCUT2D eigenvalue weighted by atomic mass is 32.1. The van der Waals surface area contributed by atoms with Gasteiger partial charge < -0.3 is 10.1 Å². The van der Waals surface area contributed by atoms with Crippen LogP contribution in [0.4, 0.5) is 0 Å². The summed E-state index contributed by atoms with van der Waals surface area (Å²) in [5.41, 5.74) is 0. The van der Waals surface area contributed by atoms with Crippen molar-refractivity contribution in [1.29, 1.82) is 0 Å². The normalized spacial score (nSPS) is 11.1. The van der Waals surface area contributed by atoms with E-state index in [0.29, 0.717) is 12.6 Å². The number of aromatic nitrogens is 2. The maximum absolute atomic E-state index is 5.63. The second kappa shape index (κ2) is 7.31. The molecule has 0 unspecified atom stereocenters. The fourth-order valence-electron chi connectivity index (χ4n) is 1.71. The van der Waals surface area contributed by atoms with Crippen molar-refractivity contribution in [2.75, 3.05) is 19.7 Å². The molecule has 0 fully saturated rings. The summed E-state index contributed by atoms with van der Waals surface area (Å²) >= 11 is 1.81. The minimum Gasteiger partial charge on any atom is -0.489 e. The zero-order valence-electron chi connectivity index (χ0n) is 11.5. The summed E-state index contributed by atoms with van der Waals surface area (Å²) in [7, 11) is 0. The number of rotatable bonds is 8. The van der Waals surface area contributed by atoms with Gasteiger partial charge >= 0.3 is 0 Å². The highest BCUT2D eigenvalue weighted by Gasteiger charge is 2.01. The molecule has 0 amide bonds. The van der Waals surface area contributed by atoms with Crippen LogP contribution in [0.1, 0.15) is 24.8 Å². The molecule has 0 bridgehead atoms. The van der Waals surface area contributed by atoms with Crippen molar-refractivity contribution in [3.63, 3.8) is 0 Å². The summed E-state index contributed by atoms with van der Waals surface area (Å²) < 4.78 is 7.53. The van der Waals surface area contributed by atoms with Crippen molar-refractivity contribution in [3.05, 3.63) is 34.8 Å². The van der Waals surface area contributed by atoms with Crippen LogP contribution in [0.15, 0.2) is 29.9 Å².